The minimum absolute atomic E-state index is 0.0348. The summed E-state index contributed by atoms with van der Waals surface area (Å²) in [6.07, 6.45) is -5.30. The van der Waals surface area contributed by atoms with Gasteiger partial charge in [-0.3, -0.25) is 10.1 Å². The van der Waals surface area contributed by atoms with Crippen molar-refractivity contribution in [3.05, 3.63) is 54.1 Å². The average Bonchev–Trinajstić information content (AvgIpc) is 2.82. The molecule has 4 N–H and O–H groups in total. The third kappa shape index (κ3) is 7.28. The van der Waals surface area contributed by atoms with Gasteiger partial charge in [0.15, 0.2) is 9.84 Å². The molecule has 0 radical (unpaired) electrons. The number of carbonyl (C=O) groups is 1. The highest BCUT2D eigenvalue weighted by Crippen LogP contribution is 2.40. The van der Waals surface area contributed by atoms with Crippen LogP contribution in [0, 0.1) is 11.8 Å². The van der Waals surface area contributed by atoms with E-state index in [4.69, 9.17) is 5.73 Å². The van der Waals surface area contributed by atoms with Crippen LogP contribution in [0.15, 0.2) is 53.4 Å². The van der Waals surface area contributed by atoms with Gasteiger partial charge in [-0.1, -0.05) is 48.2 Å². The third-order valence-corrected chi connectivity index (χ3v) is 7.90. The molecule has 0 aromatic heterocycles. The molecule has 0 bridgehead atoms. The summed E-state index contributed by atoms with van der Waals surface area (Å²) in [5, 5.41) is 4.81. The smallest absolute Gasteiger partial charge is 0.339 e. The number of hydrogen-bond donors (Lipinski definition) is 3. The number of halogens is 4. The topological polar surface area (TPSA) is 101 Å². The van der Waals surface area contributed by atoms with Gasteiger partial charge in [0.05, 0.1) is 22.9 Å². The van der Waals surface area contributed by atoms with Crippen LogP contribution in [0.5, 0.6) is 0 Å². The second-order valence-electron chi connectivity index (χ2n) is 9.67. The Bertz CT molecular complexity index is 1310. The van der Waals surface area contributed by atoms with Crippen molar-refractivity contribution in [2.24, 2.45) is 5.73 Å². The lowest BCUT2D eigenvalue weighted by Gasteiger charge is -2.37. The SMILES string of the molecule is CC(C)(F)C[C@@H]1N[C@@](c2ccc(-c3ccc(S(C)(=O)=O)cc3)cc2)(C(F)(F)F)C#CCSC[C@@H](N)NC1=O. The van der Waals surface area contributed by atoms with E-state index in [9.17, 15) is 30.8 Å². The van der Waals surface area contributed by atoms with Crippen molar-refractivity contribution in [1.29, 1.82) is 0 Å². The van der Waals surface area contributed by atoms with Crippen molar-refractivity contribution in [3.8, 4) is 23.0 Å². The van der Waals surface area contributed by atoms with Crippen LogP contribution in [0.1, 0.15) is 25.8 Å². The van der Waals surface area contributed by atoms with E-state index in [1.165, 1.54) is 62.0 Å². The molecule has 1 heterocycles. The molecule has 3 atom stereocenters. The highest BCUT2D eigenvalue weighted by Gasteiger charge is 2.57. The first kappa shape index (κ1) is 30.0. The molecule has 1 aliphatic rings. The van der Waals surface area contributed by atoms with Crippen molar-refractivity contribution in [1.82, 2.24) is 10.6 Å². The Morgan fingerprint density at radius 2 is 1.61 bits per heavy atom. The summed E-state index contributed by atoms with van der Waals surface area (Å²) in [4.78, 5) is 13.0. The number of benzene rings is 2. The summed E-state index contributed by atoms with van der Waals surface area (Å²) >= 11 is 1.17. The zero-order chi connectivity index (χ0) is 28.4. The summed E-state index contributed by atoms with van der Waals surface area (Å²) in [5.41, 5.74) is 1.78. The summed E-state index contributed by atoms with van der Waals surface area (Å²) in [6.45, 7) is 2.35. The molecule has 2 aromatic rings. The number of thioether (sulfide) groups is 1. The molecule has 206 valence electrons. The fraction of sp³-hybridized carbons (Fsp3) is 0.423. The van der Waals surface area contributed by atoms with E-state index >= 15 is 0 Å². The van der Waals surface area contributed by atoms with Crippen molar-refractivity contribution < 1.29 is 30.8 Å². The van der Waals surface area contributed by atoms with Gasteiger partial charge in [0.2, 0.25) is 11.4 Å². The molecule has 1 aliphatic heterocycles. The van der Waals surface area contributed by atoms with Crippen LogP contribution >= 0.6 is 11.8 Å². The van der Waals surface area contributed by atoms with Crippen LogP contribution in [0.4, 0.5) is 17.6 Å². The Kier molecular flexibility index (Phi) is 8.88. The summed E-state index contributed by atoms with van der Waals surface area (Å²) < 4.78 is 82.6. The Morgan fingerprint density at radius 1 is 1.05 bits per heavy atom. The first-order chi connectivity index (χ1) is 17.5. The van der Waals surface area contributed by atoms with Crippen molar-refractivity contribution >= 4 is 27.5 Å². The number of hydrogen-bond acceptors (Lipinski definition) is 6. The van der Waals surface area contributed by atoms with Crippen molar-refractivity contribution in [3.63, 3.8) is 0 Å². The second-order valence-corrected chi connectivity index (χ2v) is 12.7. The van der Waals surface area contributed by atoms with Crippen molar-refractivity contribution in [2.75, 3.05) is 17.8 Å². The van der Waals surface area contributed by atoms with Gasteiger partial charge in [-0.2, -0.15) is 13.2 Å². The number of sulfone groups is 1. The molecule has 0 aliphatic carbocycles. The molecule has 2 aromatic carbocycles. The summed E-state index contributed by atoms with van der Waals surface area (Å²) in [7, 11) is -3.41. The van der Waals surface area contributed by atoms with Gasteiger partial charge < -0.3 is 11.1 Å². The first-order valence-electron chi connectivity index (χ1n) is 11.6. The van der Waals surface area contributed by atoms with E-state index in [0.29, 0.717) is 11.1 Å². The van der Waals surface area contributed by atoms with E-state index < -0.39 is 51.8 Å². The Labute approximate surface area is 224 Å². The lowest BCUT2D eigenvalue weighted by atomic mass is 9.86. The molecule has 0 unspecified atom stereocenters. The maximum Gasteiger partial charge on any atom is 0.422 e. The van der Waals surface area contributed by atoms with Gasteiger partial charge in [0.25, 0.3) is 0 Å². The van der Waals surface area contributed by atoms with E-state index in [0.717, 1.165) is 6.26 Å². The van der Waals surface area contributed by atoms with Gasteiger partial charge in [0, 0.05) is 18.4 Å². The van der Waals surface area contributed by atoms with E-state index in [1.807, 2.05) is 0 Å². The molecular weight excluding hydrogens is 542 g/mol. The van der Waals surface area contributed by atoms with Crippen LogP contribution in [0.3, 0.4) is 0 Å². The van der Waals surface area contributed by atoms with Gasteiger partial charge >= 0.3 is 6.18 Å². The lowest BCUT2D eigenvalue weighted by Crippen LogP contribution is -2.62. The molecule has 1 amide bonds. The highest BCUT2D eigenvalue weighted by molar-refractivity contribution is 7.99. The molecule has 0 saturated carbocycles. The first-order valence-corrected chi connectivity index (χ1v) is 14.6. The van der Waals surface area contributed by atoms with Crippen LogP contribution < -0.4 is 16.4 Å². The van der Waals surface area contributed by atoms with E-state index in [1.54, 1.807) is 12.1 Å². The summed E-state index contributed by atoms with van der Waals surface area (Å²) in [6, 6.07) is 9.72. The normalized spacial score (nSPS) is 23.5. The van der Waals surface area contributed by atoms with Crippen LogP contribution in [-0.2, 0) is 20.2 Å². The minimum Gasteiger partial charge on any atom is -0.339 e. The fourth-order valence-electron chi connectivity index (χ4n) is 4.00. The van der Waals surface area contributed by atoms with Gasteiger partial charge in [-0.05, 0) is 42.7 Å². The molecule has 12 heteroatoms. The predicted octanol–water partition coefficient (Wildman–Crippen LogP) is 3.76. The molecule has 38 heavy (non-hydrogen) atoms. The maximum absolute atomic E-state index is 14.8. The zero-order valence-corrected chi connectivity index (χ0v) is 22.7. The molecule has 3 rings (SSSR count). The standard InChI is InChI=1S/C26H29F4N3O3S2/c1-24(2,27)15-21-23(34)32-22(31)16-37-14-4-13-25(33-21,26(28,29)30)19-9-5-17(6-10-19)18-7-11-20(12-8-18)38(3,35)36/h5-12,21-22,33H,14-16,31H2,1-3H3,(H,32,34)/t21-,22-,25-/m0/s1. The Morgan fingerprint density at radius 3 is 2.11 bits per heavy atom. The third-order valence-electron chi connectivity index (χ3n) is 5.83. The Hall–Kier alpha value is -2.59. The number of alkyl halides is 4. The van der Waals surface area contributed by atoms with Crippen molar-refractivity contribution in [2.45, 2.75) is 54.8 Å². The van der Waals surface area contributed by atoms with Gasteiger partial charge in [0.1, 0.15) is 5.67 Å². The largest absolute Gasteiger partial charge is 0.422 e. The van der Waals surface area contributed by atoms with Gasteiger partial charge in [-0.15, -0.1) is 11.8 Å². The molecule has 0 saturated heterocycles. The molecule has 0 fully saturated rings. The highest BCUT2D eigenvalue weighted by atomic mass is 32.2. The van der Waals surface area contributed by atoms with Gasteiger partial charge in [-0.25, -0.2) is 12.8 Å². The van der Waals surface area contributed by atoms with Crippen LogP contribution in [-0.4, -0.2) is 56.1 Å². The summed E-state index contributed by atoms with van der Waals surface area (Å²) in [5.74, 6) is 4.25. The number of rotatable bonds is 5. The molecule has 6 nitrogen and oxygen atoms in total. The lowest BCUT2D eigenvalue weighted by molar-refractivity contribution is -0.185. The predicted molar refractivity (Wildman–Crippen MR) is 141 cm³/mol. The van der Waals surface area contributed by atoms with Crippen LogP contribution in [0.2, 0.25) is 0 Å². The minimum atomic E-state index is -4.99. The molecular formula is C26H29F4N3O3S2. The van der Waals surface area contributed by atoms with Crippen LogP contribution in [0.25, 0.3) is 11.1 Å². The second kappa shape index (κ2) is 11.3. The number of nitrogens with two attached hydrogens (primary N) is 1. The van der Waals surface area contributed by atoms with E-state index in [2.05, 4.69) is 22.5 Å². The number of amides is 1. The number of carbonyl (C=O) groups excluding carboxylic acids is 1. The average molecular weight is 572 g/mol. The Balaban J connectivity index is 2.10. The molecule has 0 spiro atoms. The zero-order valence-electron chi connectivity index (χ0n) is 21.0. The fourth-order valence-corrected chi connectivity index (χ4v) is 5.26. The monoisotopic (exact) mass is 571 g/mol. The maximum atomic E-state index is 14.8. The number of nitrogens with one attached hydrogen (secondary N) is 2. The quantitative estimate of drug-likeness (QED) is 0.373. The van der Waals surface area contributed by atoms with E-state index in [-0.39, 0.29) is 22.0 Å².